The van der Waals surface area contributed by atoms with Crippen LogP contribution < -0.4 is 5.32 Å². The minimum atomic E-state index is -0.656. The smallest absolute Gasteiger partial charge is 0.258 e. The molecule has 1 saturated heterocycles. The van der Waals surface area contributed by atoms with Gasteiger partial charge in [-0.25, -0.2) is 4.39 Å². The predicted octanol–water partition coefficient (Wildman–Crippen LogP) is 3.11. The van der Waals surface area contributed by atoms with Gasteiger partial charge in [0.15, 0.2) is 0 Å². The molecular weight excluding hydrogens is 309 g/mol. The number of halogens is 2. The lowest BCUT2D eigenvalue weighted by Crippen LogP contribution is -2.15. The van der Waals surface area contributed by atoms with Gasteiger partial charge in [-0.15, -0.1) is 0 Å². The average molecular weight is 324 g/mol. The SMILES string of the molecule is O=C(Nc1cnn(CC2CCCO2)c1)c1ccc(Cl)cc1F. The Kier molecular flexibility index (Phi) is 4.40. The molecule has 1 aliphatic heterocycles. The summed E-state index contributed by atoms with van der Waals surface area (Å²) in [5.41, 5.74) is 0.452. The lowest BCUT2D eigenvalue weighted by Gasteiger charge is -2.08. The van der Waals surface area contributed by atoms with E-state index in [0.29, 0.717) is 12.2 Å². The van der Waals surface area contributed by atoms with Crippen LogP contribution in [0.2, 0.25) is 5.02 Å². The summed E-state index contributed by atoms with van der Waals surface area (Å²) in [6.45, 7) is 1.43. The molecule has 1 aromatic carbocycles. The Balaban J connectivity index is 1.65. The molecule has 116 valence electrons. The van der Waals surface area contributed by atoms with Crippen molar-refractivity contribution in [2.75, 3.05) is 11.9 Å². The van der Waals surface area contributed by atoms with Crippen LogP contribution in [0, 0.1) is 5.82 Å². The first-order valence-corrected chi connectivity index (χ1v) is 7.40. The van der Waals surface area contributed by atoms with Crippen LogP contribution in [-0.2, 0) is 11.3 Å². The van der Waals surface area contributed by atoms with Crippen molar-refractivity contribution in [3.63, 3.8) is 0 Å². The summed E-state index contributed by atoms with van der Waals surface area (Å²) in [6, 6.07) is 3.93. The molecule has 2 heterocycles. The molecule has 0 spiro atoms. The fourth-order valence-corrected chi connectivity index (χ4v) is 2.56. The number of hydrogen-bond acceptors (Lipinski definition) is 3. The molecule has 1 aliphatic rings. The third-order valence-corrected chi connectivity index (χ3v) is 3.72. The van der Waals surface area contributed by atoms with Gasteiger partial charge in [0.1, 0.15) is 5.82 Å². The van der Waals surface area contributed by atoms with Gasteiger partial charge in [0.2, 0.25) is 0 Å². The van der Waals surface area contributed by atoms with Gasteiger partial charge < -0.3 is 10.1 Å². The summed E-state index contributed by atoms with van der Waals surface area (Å²) in [7, 11) is 0. The summed E-state index contributed by atoms with van der Waals surface area (Å²) in [5, 5.41) is 7.04. The van der Waals surface area contributed by atoms with Gasteiger partial charge in [-0.05, 0) is 31.0 Å². The van der Waals surface area contributed by atoms with Crippen LogP contribution in [0.25, 0.3) is 0 Å². The third-order valence-electron chi connectivity index (χ3n) is 3.48. The van der Waals surface area contributed by atoms with Crippen LogP contribution >= 0.6 is 11.6 Å². The molecule has 1 N–H and O–H groups in total. The largest absolute Gasteiger partial charge is 0.376 e. The Morgan fingerprint density at radius 3 is 3.14 bits per heavy atom. The number of aromatic nitrogens is 2. The van der Waals surface area contributed by atoms with E-state index in [0.717, 1.165) is 25.5 Å². The second-order valence-corrected chi connectivity index (χ2v) is 5.60. The molecule has 5 nitrogen and oxygen atoms in total. The van der Waals surface area contributed by atoms with Crippen LogP contribution in [0.15, 0.2) is 30.6 Å². The monoisotopic (exact) mass is 323 g/mol. The molecule has 1 amide bonds. The Labute approximate surface area is 132 Å². The number of nitrogens with zero attached hydrogens (tertiary/aromatic N) is 2. The zero-order valence-corrected chi connectivity index (χ0v) is 12.5. The lowest BCUT2D eigenvalue weighted by atomic mass is 10.2. The van der Waals surface area contributed by atoms with Crippen molar-refractivity contribution < 1.29 is 13.9 Å². The van der Waals surface area contributed by atoms with E-state index in [1.807, 2.05) is 0 Å². The van der Waals surface area contributed by atoms with E-state index in [4.69, 9.17) is 16.3 Å². The van der Waals surface area contributed by atoms with Gasteiger partial charge in [0, 0.05) is 17.8 Å². The quantitative estimate of drug-likeness (QED) is 0.940. The van der Waals surface area contributed by atoms with Gasteiger partial charge in [0.05, 0.1) is 30.1 Å². The van der Waals surface area contributed by atoms with Gasteiger partial charge >= 0.3 is 0 Å². The molecule has 3 rings (SSSR count). The number of carbonyl (C=O) groups excluding carboxylic acids is 1. The van der Waals surface area contributed by atoms with Gasteiger partial charge in [-0.2, -0.15) is 5.10 Å². The number of rotatable bonds is 4. The van der Waals surface area contributed by atoms with E-state index in [1.54, 1.807) is 10.9 Å². The Morgan fingerprint density at radius 2 is 2.41 bits per heavy atom. The Bertz CT molecular complexity index is 683. The summed E-state index contributed by atoms with van der Waals surface area (Å²) < 4.78 is 20.9. The van der Waals surface area contributed by atoms with E-state index in [-0.39, 0.29) is 16.7 Å². The highest BCUT2D eigenvalue weighted by Gasteiger charge is 2.17. The van der Waals surface area contributed by atoms with Crippen LogP contribution in [0.4, 0.5) is 10.1 Å². The van der Waals surface area contributed by atoms with Crippen molar-refractivity contribution in [3.8, 4) is 0 Å². The third kappa shape index (κ3) is 3.45. The summed E-state index contributed by atoms with van der Waals surface area (Å²) >= 11 is 5.67. The van der Waals surface area contributed by atoms with Crippen molar-refractivity contribution in [2.45, 2.75) is 25.5 Å². The van der Waals surface area contributed by atoms with Crippen molar-refractivity contribution in [1.29, 1.82) is 0 Å². The molecule has 1 fully saturated rings. The summed E-state index contributed by atoms with van der Waals surface area (Å²) in [5.74, 6) is -1.19. The zero-order chi connectivity index (χ0) is 15.5. The molecule has 7 heteroatoms. The maximum absolute atomic E-state index is 13.7. The fourth-order valence-electron chi connectivity index (χ4n) is 2.40. The molecule has 0 saturated carbocycles. The van der Waals surface area contributed by atoms with Crippen molar-refractivity contribution in [1.82, 2.24) is 9.78 Å². The van der Waals surface area contributed by atoms with Crippen LogP contribution in [0.1, 0.15) is 23.2 Å². The van der Waals surface area contributed by atoms with Crippen LogP contribution in [0.3, 0.4) is 0 Å². The Morgan fingerprint density at radius 1 is 1.55 bits per heavy atom. The van der Waals surface area contributed by atoms with Crippen LogP contribution in [-0.4, -0.2) is 28.4 Å². The Hall–Kier alpha value is -1.92. The zero-order valence-electron chi connectivity index (χ0n) is 11.8. The molecular formula is C15H15ClFN3O2. The molecule has 1 atom stereocenters. The highest BCUT2D eigenvalue weighted by atomic mass is 35.5. The maximum Gasteiger partial charge on any atom is 0.258 e. The van der Waals surface area contributed by atoms with Gasteiger partial charge in [-0.1, -0.05) is 11.6 Å². The average Bonchev–Trinajstić information content (AvgIpc) is 3.11. The number of benzene rings is 1. The number of amides is 1. The number of ether oxygens (including phenoxy) is 1. The molecule has 2 aromatic rings. The normalized spacial score (nSPS) is 17.6. The van der Waals surface area contributed by atoms with E-state index in [9.17, 15) is 9.18 Å². The maximum atomic E-state index is 13.7. The first-order chi connectivity index (χ1) is 10.6. The molecule has 0 bridgehead atoms. The lowest BCUT2D eigenvalue weighted by molar-refractivity contribution is 0.0940. The summed E-state index contributed by atoms with van der Waals surface area (Å²) in [4.78, 5) is 12.0. The van der Waals surface area contributed by atoms with Crippen molar-refractivity contribution in [2.24, 2.45) is 0 Å². The van der Waals surface area contributed by atoms with E-state index in [2.05, 4.69) is 10.4 Å². The van der Waals surface area contributed by atoms with E-state index in [1.165, 1.54) is 18.3 Å². The van der Waals surface area contributed by atoms with E-state index >= 15 is 0 Å². The number of anilines is 1. The fraction of sp³-hybridized carbons (Fsp3) is 0.333. The second-order valence-electron chi connectivity index (χ2n) is 5.16. The van der Waals surface area contributed by atoms with E-state index < -0.39 is 11.7 Å². The number of hydrogen-bond donors (Lipinski definition) is 1. The molecule has 0 aliphatic carbocycles. The van der Waals surface area contributed by atoms with Gasteiger partial charge in [0.25, 0.3) is 5.91 Å². The molecule has 1 aromatic heterocycles. The molecule has 1 unspecified atom stereocenters. The molecule has 0 radical (unpaired) electrons. The predicted molar refractivity (Wildman–Crippen MR) is 80.6 cm³/mol. The first-order valence-electron chi connectivity index (χ1n) is 7.02. The minimum absolute atomic E-state index is 0.0590. The van der Waals surface area contributed by atoms with Gasteiger partial charge in [-0.3, -0.25) is 9.48 Å². The molecule has 22 heavy (non-hydrogen) atoms. The topological polar surface area (TPSA) is 56.2 Å². The van der Waals surface area contributed by atoms with Crippen molar-refractivity contribution >= 4 is 23.2 Å². The number of nitrogens with one attached hydrogen (secondary N) is 1. The number of carbonyl (C=O) groups is 1. The standard InChI is InChI=1S/C15H15ClFN3O2/c16-10-3-4-13(14(17)6-10)15(21)19-11-7-18-20(8-11)9-12-2-1-5-22-12/h3-4,6-8,12H,1-2,5,9H2,(H,19,21). The highest BCUT2D eigenvalue weighted by Crippen LogP contribution is 2.17. The first kappa shape index (κ1) is 15.0. The minimum Gasteiger partial charge on any atom is -0.376 e. The van der Waals surface area contributed by atoms with Crippen LogP contribution in [0.5, 0.6) is 0 Å². The highest BCUT2D eigenvalue weighted by molar-refractivity contribution is 6.30. The summed E-state index contributed by atoms with van der Waals surface area (Å²) in [6.07, 6.45) is 5.47. The second kappa shape index (κ2) is 6.46. The van der Waals surface area contributed by atoms with Crippen molar-refractivity contribution in [3.05, 3.63) is 47.0 Å².